The van der Waals surface area contributed by atoms with Crippen molar-refractivity contribution in [1.82, 2.24) is 14.1 Å². The first kappa shape index (κ1) is 23.7. The zero-order valence-electron chi connectivity index (χ0n) is 18.6. The number of nitrogens with zero attached hydrogens (tertiary/aromatic N) is 3. The van der Waals surface area contributed by atoms with Crippen LogP contribution in [0.25, 0.3) is 0 Å². The van der Waals surface area contributed by atoms with E-state index >= 15 is 0 Å². The van der Waals surface area contributed by atoms with E-state index in [9.17, 15) is 13.2 Å². The second-order valence-corrected chi connectivity index (χ2v) is 11.2. The largest absolute Gasteiger partial charge is 0.373 e. The molecule has 8 nitrogen and oxygen atoms in total. The Balaban J connectivity index is 1.92. The van der Waals surface area contributed by atoms with Crippen LogP contribution in [0, 0.1) is 6.92 Å². The van der Waals surface area contributed by atoms with Crippen LogP contribution in [0.2, 0.25) is 5.02 Å². The fourth-order valence-electron chi connectivity index (χ4n) is 3.60. The van der Waals surface area contributed by atoms with Crippen LogP contribution in [0.3, 0.4) is 0 Å². The molecule has 1 aromatic carbocycles. The van der Waals surface area contributed by atoms with Gasteiger partial charge in [0, 0.05) is 24.7 Å². The van der Waals surface area contributed by atoms with E-state index in [1.807, 2.05) is 41.5 Å². The third kappa shape index (κ3) is 5.11. The van der Waals surface area contributed by atoms with Gasteiger partial charge in [0.15, 0.2) is 0 Å². The summed E-state index contributed by atoms with van der Waals surface area (Å²) in [6, 6.07) is 6.03. The van der Waals surface area contributed by atoms with Gasteiger partial charge in [0.25, 0.3) is 5.91 Å². The average Bonchev–Trinajstić information content (AvgIpc) is 3.01. The molecular formula is C21H29ClN4O4S. The van der Waals surface area contributed by atoms with Crippen molar-refractivity contribution in [1.29, 1.82) is 0 Å². The molecule has 10 heteroatoms. The number of sulfonamides is 1. The van der Waals surface area contributed by atoms with Gasteiger partial charge in [-0.2, -0.15) is 9.40 Å². The summed E-state index contributed by atoms with van der Waals surface area (Å²) in [6.45, 7) is 11.9. The Hall–Kier alpha value is -1.94. The highest BCUT2D eigenvalue weighted by molar-refractivity contribution is 7.89. The number of carbonyl (C=O) groups excluding carboxylic acids is 1. The number of hydrogen-bond acceptors (Lipinski definition) is 5. The highest BCUT2D eigenvalue weighted by atomic mass is 35.5. The maximum absolute atomic E-state index is 13.3. The molecule has 1 aliphatic rings. The minimum Gasteiger partial charge on any atom is -0.373 e. The van der Waals surface area contributed by atoms with Crippen LogP contribution in [0.5, 0.6) is 0 Å². The Kier molecular flexibility index (Phi) is 6.53. The molecule has 3 rings (SSSR count). The summed E-state index contributed by atoms with van der Waals surface area (Å²) in [5.74, 6) is 0.0902. The average molecular weight is 469 g/mol. The lowest BCUT2D eigenvalue weighted by atomic mass is 10.1. The lowest BCUT2D eigenvalue weighted by Gasteiger charge is -2.34. The third-order valence-corrected chi connectivity index (χ3v) is 7.22. The molecule has 0 bridgehead atoms. The van der Waals surface area contributed by atoms with Crippen molar-refractivity contribution in [2.45, 2.75) is 64.2 Å². The third-order valence-electron chi connectivity index (χ3n) is 4.91. The van der Waals surface area contributed by atoms with Gasteiger partial charge in [-0.3, -0.25) is 4.79 Å². The molecule has 170 valence electrons. The van der Waals surface area contributed by atoms with Crippen molar-refractivity contribution in [3.05, 3.63) is 40.5 Å². The molecule has 0 aliphatic carbocycles. The van der Waals surface area contributed by atoms with Crippen molar-refractivity contribution in [2.75, 3.05) is 18.4 Å². The molecule has 0 saturated carbocycles. The van der Waals surface area contributed by atoms with E-state index in [0.29, 0.717) is 5.82 Å². The van der Waals surface area contributed by atoms with Gasteiger partial charge in [0.05, 0.1) is 28.5 Å². The number of anilines is 1. The van der Waals surface area contributed by atoms with Crippen LogP contribution >= 0.6 is 11.6 Å². The van der Waals surface area contributed by atoms with Crippen molar-refractivity contribution in [3.63, 3.8) is 0 Å². The number of ether oxygens (including phenoxy) is 1. The molecule has 0 spiro atoms. The summed E-state index contributed by atoms with van der Waals surface area (Å²) in [4.78, 5) is 12.9. The van der Waals surface area contributed by atoms with E-state index in [2.05, 4.69) is 10.4 Å². The monoisotopic (exact) mass is 468 g/mol. The Bertz CT molecular complexity index is 1080. The molecule has 2 unspecified atom stereocenters. The zero-order valence-corrected chi connectivity index (χ0v) is 20.2. The Morgan fingerprint density at radius 2 is 1.81 bits per heavy atom. The molecule has 1 aliphatic heterocycles. The van der Waals surface area contributed by atoms with Gasteiger partial charge in [0.1, 0.15) is 10.7 Å². The number of morpholine rings is 1. The van der Waals surface area contributed by atoms with E-state index in [-0.39, 0.29) is 46.3 Å². The second-order valence-electron chi connectivity index (χ2n) is 8.93. The minimum atomic E-state index is -3.89. The van der Waals surface area contributed by atoms with Gasteiger partial charge in [-0.25, -0.2) is 13.1 Å². The fraction of sp³-hybridized carbons (Fsp3) is 0.524. The standard InChI is InChI=1S/C21H29ClN4O4S/c1-13-9-19(26(24-13)21(4,5)6)23-20(27)16-7-8-17(22)18(10-16)31(28,29)25-11-14(2)30-15(3)12-25/h7-10,14-15H,11-12H2,1-6H3,(H,23,27). The van der Waals surface area contributed by atoms with Crippen molar-refractivity contribution < 1.29 is 17.9 Å². The molecule has 1 fully saturated rings. The Labute approximate surface area is 188 Å². The molecule has 2 aromatic rings. The lowest BCUT2D eigenvalue weighted by Crippen LogP contribution is -2.48. The van der Waals surface area contributed by atoms with E-state index < -0.39 is 15.9 Å². The Morgan fingerprint density at radius 3 is 2.39 bits per heavy atom. The van der Waals surface area contributed by atoms with Crippen LogP contribution in [0.4, 0.5) is 5.82 Å². The number of nitrogens with one attached hydrogen (secondary N) is 1. The summed E-state index contributed by atoms with van der Waals surface area (Å²) in [5, 5.41) is 7.35. The van der Waals surface area contributed by atoms with Crippen LogP contribution in [-0.2, 0) is 20.3 Å². The molecule has 2 heterocycles. The summed E-state index contributed by atoms with van der Waals surface area (Å²) in [7, 11) is -3.89. The summed E-state index contributed by atoms with van der Waals surface area (Å²) in [6.07, 6.45) is -0.464. The van der Waals surface area contributed by atoms with Gasteiger partial charge >= 0.3 is 0 Å². The van der Waals surface area contributed by atoms with Gasteiger partial charge in [0.2, 0.25) is 10.0 Å². The number of rotatable bonds is 4. The molecule has 2 atom stereocenters. The number of hydrogen-bond donors (Lipinski definition) is 1. The minimum absolute atomic E-state index is 0.0684. The van der Waals surface area contributed by atoms with E-state index in [4.69, 9.17) is 16.3 Å². The van der Waals surface area contributed by atoms with Crippen LogP contribution in [0.15, 0.2) is 29.2 Å². The maximum atomic E-state index is 13.3. The van der Waals surface area contributed by atoms with E-state index in [1.54, 1.807) is 10.7 Å². The van der Waals surface area contributed by atoms with Crippen molar-refractivity contribution in [3.8, 4) is 0 Å². The first-order valence-corrected chi connectivity index (χ1v) is 11.9. The molecule has 1 saturated heterocycles. The zero-order chi connectivity index (χ0) is 23.1. The normalized spacial score (nSPS) is 20.6. The van der Waals surface area contributed by atoms with Gasteiger partial charge in [-0.1, -0.05) is 11.6 Å². The molecule has 1 amide bonds. The highest BCUT2D eigenvalue weighted by Crippen LogP contribution is 2.29. The summed E-state index contributed by atoms with van der Waals surface area (Å²) >= 11 is 6.24. The molecule has 0 radical (unpaired) electrons. The lowest BCUT2D eigenvalue weighted by molar-refractivity contribution is -0.0440. The number of carbonyl (C=O) groups is 1. The number of aryl methyl sites for hydroxylation is 1. The Morgan fingerprint density at radius 1 is 1.19 bits per heavy atom. The first-order valence-electron chi connectivity index (χ1n) is 10.1. The predicted molar refractivity (Wildman–Crippen MR) is 120 cm³/mol. The quantitative estimate of drug-likeness (QED) is 0.739. The fourth-order valence-corrected chi connectivity index (χ4v) is 5.69. The van der Waals surface area contributed by atoms with Crippen molar-refractivity contribution >= 4 is 33.3 Å². The predicted octanol–water partition coefficient (Wildman–Crippen LogP) is 3.65. The summed E-state index contributed by atoms with van der Waals surface area (Å²) < 4.78 is 35.2. The molecule has 1 aromatic heterocycles. The number of benzene rings is 1. The van der Waals surface area contributed by atoms with Crippen LogP contribution < -0.4 is 5.32 Å². The van der Waals surface area contributed by atoms with Gasteiger partial charge in [-0.05, 0) is 59.7 Å². The topological polar surface area (TPSA) is 93.5 Å². The molecular weight excluding hydrogens is 440 g/mol. The second kappa shape index (κ2) is 8.54. The van der Waals surface area contributed by atoms with Gasteiger partial charge in [-0.15, -0.1) is 0 Å². The van der Waals surface area contributed by atoms with E-state index in [0.717, 1.165) is 5.69 Å². The number of halogens is 1. The van der Waals surface area contributed by atoms with Crippen LogP contribution in [0.1, 0.15) is 50.7 Å². The smallest absolute Gasteiger partial charge is 0.256 e. The van der Waals surface area contributed by atoms with Crippen molar-refractivity contribution in [2.24, 2.45) is 0 Å². The first-order chi connectivity index (χ1) is 14.3. The SMILES string of the molecule is Cc1cc(NC(=O)c2ccc(Cl)c(S(=O)(=O)N3CC(C)OC(C)C3)c2)n(C(C)(C)C)n1. The molecule has 1 N–H and O–H groups in total. The maximum Gasteiger partial charge on any atom is 0.256 e. The van der Waals surface area contributed by atoms with Gasteiger partial charge < -0.3 is 10.1 Å². The molecule has 31 heavy (non-hydrogen) atoms. The van der Waals surface area contributed by atoms with Crippen LogP contribution in [-0.4, -0.2) is 53.7 Å². The number of amides is 1. The number of aromatic nitrogens is 2. The van der Waals surface area contributed by atoms with E-state index in [1.165, 1.54) is 22.5 Å². The summed E-state index contributed by atoms with van der Waals surface area (Å²) in [5.41, 5.74) is 0.617. The highest BCUT2D eigenvalue weighted by Gasteiger charge is 2.34.